The average Bonchev–Trinajstić information content (AvgIpc) is 3.20. The van der Waals surface area contributed by atoms with Crippen molar-refractivity contribution < 1.29 is 4.39 Å². The van der Waals surface area contributed by atoms with Gasteiger partial charge in [-0.1, -0.05) is 31.5 Å². The molecule has 0 aliphatic heterocycles. The number of aromatic nitrogens is 5. The molecule has 0 radical (unpaired) electrons. The Bertz CT molecular complexity index is 1360. The van der Waals surface area contributed by atoms with E-state index in [1.165, 1.54) is 12.3 Å². The van der Waals surface area contributed by atoms with E-state index < -0.39 is 0 Å². The van der Waals surface area contributed by atoms with Crippen molar-refractivity contribution in [1.82, 2.24) is 24.5 Å². The lowest BCUT2D eigenvalue weighted by molar-refractivity contribution is 0.622. The highest BCUT2D eigenvalue weighted by Gasteiger charge is 2.18. The third kappa shape index (κ3) is 3.92. The third-order valence-electron chi connectivity index (χ3n) is 4.87. The Morgan fingerprint density at radius 1 is 0.844 bits per heavy atom. The van der Waals surface area contributed by atoms with E-state index in [2.05, 4.69) is 9.97 Å². The van der Waals surface area contributed by atoms with E-state index in [9.17, 15) is 4.39 Å². The Hall–Kier alpha value is -4.13. The SMILES string of the molecule is CC.Cc1ccc(-n2c(-c3cccnc3N)nc3ccc(-c4ccc(F)cn4)nc32)cc1. The molecule has 0 bridgehead atoms. The second-order valence-electron chi connectivity index (χ2n) is 6.94. The van der Waals surface area contributed by atoms with Gasteiger partial charge in [0.15, 0.2) is 11.5 Å². The first-order valence-electron chi connectivity index (χ1n) is 10.4. The second kappa shape index (κ2) is 8.93. The van der Waals surface area contributed by atoms with Gasteiger partial charge < -0.3 is 5.73 Å². The lowest BCUT2D eigenvalue weighted by Gasteiger charge is -2.11. The first-order chi connectivity index (χ1) is 15.6. The summed E-state index contributed by atoms with van der Waals surface area (Å²) in [6.45, 7) is 6.03. The molecular formula is C25H23FN6. The first kappa shape index (κ1) is 21.1. The number of imidazole rings is 1. The van der Waals surface area contributed by atoms with E-state index in [0.717, 1.165) is 16.8 Å². The molecule has 0 fully saturated rings. The summed E-state index contributed by atoms with van der Waals surface area (Å²) in [6.07, 6.45) is 2.83. The van der Waals surface area contributed by atoms with Crippen LogP contribution in [0.5, 0.6) is 0 Å². The minimum Gasteiger partial charge on any atom is -0.383 e. The molecule has 0 atom stereocenters. The van der Waals surface area contributed by atoms with Gasteiger partial charge in [-0.25, -0.2) is 19.3 Å². The molecule has 0 saturated carbocycles. The molecule has 0 unspecified atom stereocenters. The van der Waals surface area contributed by atoms with Crippen LogP contribution in [0.4, 0.5) is 10.2 Å². The predicted molar refractivity (Wildman–Crippen MR) is 126 cm³/mol. The number of fused-ring (bicyclic) bond motifs is 1. The molecule has 5 rings (SSSR count). The van der Waals surface area contributed by atoms with Crippen LogP contribution in [-0.4, -0.2) is 24.5 Å². The largest absolute Gasteiger partial charge is 0.383 e. The van der Waals surface area contributed by atoms with Crippen LogP contribution in [0.1, 0.15) is 19.4 Å². The number of benzene rings is 1. The number of hydrogen-bond donors (Lipinski definition) is 1. The van der Waals surface area contributed by atoms with Crippen molar-refractivity contribution in [3.05, 3.63) is 84.4 Å². The van der Waals surface area contributed by atoms with Gasteiger partial charge in [0.2, 0.25) is 0 Å². The number of nitrogen functional groups attached to an aromatic ring is 1. The number of hydrogen-bond acceptors (Lipinski definition) is 5. The van der Waals surface area contributed by atoms with Crippen LogP contribution >= 0.6 is 0 Å². The summed E-state index contributed by atoms with van der Waals surface area (Å²) >= 11 is 0. The van der Waals surface area contributed by atoms with Crippen LogP contribution in [0.25, 0.3) is 39.6 Å². The molecule has 32 heavy (non-hydrogen) atoms. The lowest BCUT2D eigenvalue weighted by Crippen LogP contribution is -2.02. The van der Waals surface area contributed by atoms with E-state index in [4.69, 9.17) is 15.7 Å². The van der Waals surface area contributed by atoms with Crippen LogP contribution < -0.4 is 5.73 Å². The highest BCUT2D eigenvalue weighted by atomic mass is 19.1. The van der Waals surface area contributed by atoms with Crippen molar-refractivity contribution in [2.45, 2.75) is 20.8 Å². The van der Waals surface area contributed by atoms with Crippen molar-refractivity contribution >= 4 is 17.0 Å². The van der Waals surface area contributed by atoms with Gasteiger partial charge in [-0.05, 0) is 55.5 Å². The van der Waals surface area contributed by atoms with Crippen LogP contribution in [-0.2, 0) is 0 Å². The van der Waals surface area contributed by atoms with Gasteiger partial charge in [0.05, 0.1) is 23.1 Å². The molecule has 1 aromatic carbocycles. The lowest BCUT2D eigenvalue weighted by atomic mass is 10.2. The van der Waals surface area contributed by atoms with Crippen LogP contribution in [0.2, 0.25) is 0 Å². The van der Waals surface area contributed by atoms with E-state index >= 15 is 0 Å². The van der Waals surface area contributed by atoms with E-state index in [0.29, 0.717) is 34.2 Å². The highest BCUT2D eigenvalue weighted by Crippen LogP contribution is 2.31. The molecule has 5 aromatic rings. The van der Waals surface area contributed by atoms with Gasteiger partial charge in [-0.3, -0.25) is 9.55 Å². The molecule has 0 aliphatic rings. The Kier molecular flexibility index (Phi) is 5.89. The zero-order chi connectivity index (χ0) is 22.7. The molecule has 160 valence electrons. The Morgan fingerprint density at radius 3 is 2.28 bits per heavy atom. The summed E-state index contributed by atoms with van der Waals surface area (Å²) < 4.78 is 15.2. The summed E-state index contributed by atoms with van der Waals surface area (Å²) in [4.78, 5) is 18.0. The molecule has 0 amide bonds. The second-order valence-corrected chi connectivity index (χ2v) is 6.94. The zero-order valence-electron chi connectivity index (χ0n) is 18.1. The van der Waals surface area contributed by atoms with Crippen LogP contribution in [0, 0.1) is 12.7 Å². The third-order valence-corrected chi connectivity index (χ3v) is 4.87. The molecule has 0 spiro atoms. The smallest absolute Gasteiger partial charge is 0.165 e. The fourth-order valence-electron chi connectivity index (χ4n) is 3.35. The average molecular weight is 426 g/mol. The number of anilines is 1. The van der Waals surface area contributed by atoms with E-state index in [1.54, 1.807) is 12.3 Å². The molecule has 4 aromatic heterocycles. The van der Waals surface area contributed by atoms with Gasteiger partial charge in [0.25, 0.3) is 0 Å². The zero-order valence-corrected chi connectivity index (χ0v) is 18.1. The number of rotatable bonds is 3. The summed E-state index contributed by atoms with van der Waals surface area (Å²) in [5.41, 5.74) is 11.5. The van der Waals surface area contributed by atoms with Gasteiger partial charge in [-0.2, -0.15) is 0 Å². The minimum absolute atomic E-state index is 0.390. The van der Waals surface area contributed by atoms with E-state index in [1.807, 2.05) is 73.9 Å². The number of halogens is 1. The normalized spacial score (nSPS) is 10.6. The molecule has 0 saturated heterocycles. The Morgan fingerprint density at radius 2 is 1.59 bits per heavy atom. The highest BCUT2D eigenvalue weighted by molar-refractivity contribution is 5.84. The van der Waals surface area contributed by atoms with E-state index in [-0.39, 0.29) is 5.82 Å². The Labute approximate surface area is 185 Å². The fraction of sp³-hybridized carbons (Fsp3) is 0.120. The van der Waals surface area contributed by atoms with Gasteiger partial charge in [0.1, 0.15) is 17.2 Å². The maximum atomic E-state index is 13.3. The summed E-state index contributed by atoms with van der Waals surface area (Å²) in [7, 11) is 0. The molecule has 0 aliphatic carbocycles. The summed E-state index contributed by atoms with van der Waals surface area (Å²) in [6, 6.07) is 18.5. The standard InChI is InChI=1S/C23H17FN6.C2H6/c1-14-4-7-16(8-5-14)30-22(17-3-2-12-26-21(17)25)29-20-11-10-19(28-23(20)30)18-9-6-15(24)13-27-18;1-2/h2-13H,1H3,(H2,25,26);1-2H3. The van der Waals surface area contributed by atoms with Crippen molar-refractivity contribution in [2.75, 3.05) is 5.73 Å². The number of aryl methyl sites for hydroxylation is 1. The monoisotopic (exact) mass is 426 g/mol. The maximum Gasteiger partial charge on any atom is 0.165 e. The van der Waals surface area contributed by atoms with Gasteiger partial charge >= 0.3 is 0 Å². The topological polar surface area (TPSA) is 82.5 Å². The predicted octanol–water partition coefficient (Wildman–Crippen LogP) is 5.60. The first-order valence-corrected chi connectivity index (χ1v) is 10.4. The quantitative estimate of drug-likeness (QED) is 0.406. The molecule has 4 heterocycles. The minimum atomic E-state index is -0.390. The summed E-state index contributed by atoms with van der Waals surface area (Å²) in [5.74, 6) is 0.650. The molecular weight excluding hydrogens is 403 g/mol. The molecule has 7 heteroatoms. The van der Waals surface area contributed by atoms with Crippen molar-refractivity contribution in [2.24, 2.45) is 0 Å². The van der Waals surface area contributed by atoms with Gasteiger partial charge in [-0.15, -0.1) is 0 Å². The summed E-state index contributed by atoms with van der Waals surface area (Å²) in [5, 5.41) is 0. The van der Waals surface area contributed by atoms with Crippen LogP contribution in [0.3, 0.4) is 0 Å². The van der Waals surface area contributed by atoms with Crippen LogP contribution in [0.15, 0.2) is 73.1 Å². The number of nitrogens with two attached hydrogens (primary N) is 1. The fourth-order valence-corrected chi connectivity index (χ4v) is 3.35. The van der Waals surface area contributed by atoms with Crippen molar-refractivity contribution in [3.8, 4) is 28.5 Å². The Balaban J connectivity index is 0.00000119. The molecule has 2 N–H and O–H groups in total. The van der Waals surface area contributed by atoms with Gasteiger partial charge in [0, 0.05) is 11.9 Å². The van der Waals surface area contributed by atoms with Crippen molar-refractivity contribution in [1.29, 1.82) is 0 Å². The molecule has 6 nitrogen and oxygen atoms in total. The van der Waals surface area contributed by atoms with Crippen molar-refractivity contribution in [3.63, 3.8) is 0 Å². The maximum absolute atomic E-state index is 13.3. The number of nitrogens with zero attached hydrogens (tertiary/aromatic N) is 5. The number of pyridine rings is 3.